The van der Waals surface area contributed by atoms with E-state index in [4.69, 9.17) is 0 Å². The highest BCUT2D eigenvalue weighted by Crippen LogP contribution is 2.37. The van der Waals surface area contributed by atoms with Crippen molar-refractivity contribution in [1.29, 1.82) is 0 Å². The zero-order chi connectivity index (χ0) is 16.4. The summed E-state index contributed by atoms with van der Waals surface area (Å²) in [6, 6.07) is 6.83. The standard InChI is InChI=1S/C13H7F6NO2/c14-12(15,16)21-8-4-5-9(10-3-1-2-6-20-10)11(7-8)22-13(17,18)19/h1-7H. The molecule has 0 atom stereocenters. The maximum absolute atomic E-state index is 12.4. The molecule has 1 aromatic heterocycles. The van der Waals surface area contributed by atoms with Gasteiger partial charge in [-0.2, -0.15) is 0 Å². The number of hydrogen-bond acceptors (Lipinski definition) is 3. The summed E-state index contributed by atoms with van der Waals surface area (Å²) in [7, 11) is 0. The van der Waals surface area contributed by atoms with Gasteiger partial charge in [-0.1, -0.05) is 6.07 Å². The van der Waals surface area contributed by atoms with Gasteiger partial charge >= 0.3 is 12.7 Å². The fraction of sp³-hybridized carbons (Fsp3) is 0.154. The molecule has 0 aliphatic carbocycles. The summed E-state index contributed by atoms with van der Waals surface area (Å²) in [4.78, 5) is 3.83. The quantitative estimate of drug-likeness (QED) is 0.777. The largest absolute Gasteiger partial charge is 0.573 e. The SMILES string of the molecule is FC(F)(F)Oc1ccc(-c2ccccn2)c(OC(F)(F)F)c1. The summed E-state index contributed by atoms with van der Waals surface area (Å²) < 4.78 is 80.9. The molecule has 0 fully saturated rings. The van der Waals surface area contributed by atoms with Crippen LogP contribution >= 0.6 is 0 Å². The smallest absolute Gasteiger partial charge is 0.406 e. The maximum Gasteiger partial charge on any atom is 0.573 e. The average Bonchev–Trinajstić information content (AvgIpc) is 2.36. The van der Waals surface area contributed by atoms with Crippen molar-refractivity contribution in [2.45, 2.75) is 12.7 Å². The molecule has 0 saturated heterocycles. The molecule has 118 valence electrons. The van der Waals surface area contributed by atoms with Crippen LogP contribution in [-0.2, 0) is 0 Å². The van der Waals surface area contributed by atoms with E-state index in [0.29, 0.717) is 6.07 Å². The highest BCUT2D eigenvalue weighted by Gasteiger charge is 2.34. The van der Waals surface area contributed by atoms with Crippen LogP contribution in [0.15, 0.2) is 42.6 Å². The van der Waals surface area contributed by atoms with Gasteiger partial charge in [0.15, 0.2) is 0 Å². The van der Waals surface area contributed by atoms with Crippen LogP contribution in [0, 0.1) is 0 Å². The molecule has 0 amide bonds. The molecule has 0 aliphatic heterocycles. The van der Waals surface area contributed by atoms with Crippen molar-refractivity contribution in [3.05, 3.63) is 42.6 Å². The van der Waals surface area contributed by atoms with Crippen LogP contribution in [0.3, 0.4) is 0 Å². The molecule has 2 rings (SSSR count). The first-order chi connectivity index (χ1) is 10.1. The van der Waals surface area contributed by atoms with Gasteiger partial charge in [-0.25, -0.2) is 0 Å². The minimum Gasteiger partial charge on any atom is -0.406 e. The Morgan fingerprint density at radius 2 is 1.50 bits per heavy atom. The van der Waals surface area contributed by atoms with Gasteiger partial charge in [0.2, 0.25) is 0 Å². The zero-order valence-electron chi connectivity index (χ0n) is 10.6. The predicted molar refractivity (Wildman–Crippen MR) is 63.0 cm³/mol. The van der Waals surface area contributed by atoms with Gasteiger partial charge in [-0.05, 0) is 24.3 Å². The first-order valence-corrected chi connectivity index (χ1v) is 5.71. The van der Waals surface area contributed by atoms with Gasteiger partial charge in [-0.3, -0.25) is 4.98 Å². The minimum absolute atomic E-state index is 0.111. The molecule has 22 heavy (non-hydrogen) atoms. The van der Waals surface area contributed by atoms with E-state index in [1.54, 1.807) is 0 Å². The molecule has 2 aromatic rings. The van der Waals surface area contributed by atoms with Crippen LogP contribution < -0.4 is 9.47 Å². The minimum atomic E-state index is -5.07. The molecule has 0 saturated carbocycles. The molecular weight excluding hydrogens is 316 g/mol. The number of benzene rings is 1. The van der Waals surface area contributed by atoms with Crippen molar-refractivity contribution in [3.8, 4) is 22.8 Å². The van der Waals surface area contributed by atoms with Crippen LogP contribution in [-0.4, -0.2) is 17.7 Å². The Hall–Kier alpha value is -2.45. The van der Waals surface area contributed by atoms with Crippen LogP contribution in [0.5, 0.6) is 11.5 Å². The van der Waals surface area contributed by atoms with Crippen LogP contribution in [0.1, 0.15) is 0 Å². The number of nitrogens with zero attached hydrogens (tertiary/aromatic N) is 1. The average molecular weight is 323 g/mol. The fourth-order valence-electron chi connectivity index (χ4n) is 1.64. The van der Waals surface area contributed by atoms with Crippen LogP contribution in [0.25, 0.3) is 11.3 Å². The second kappa shape index (κ2) is 5.74. The molecule has 0 unspecified atom stereocenters. The maximum atomic E-state index is 12.4. The normalized spacial score (nSPS) is 12.1. The molecule has 0 spiro atoms. The highest BCUT2D eigenvalue weighted by molar-refractivity contribution is 5.68. The van der Waals surface area contributed by atoms with Crippen LogP contribution in [0.2, 0.25) is 0 Å². The first kappa shape index (κ1) is 15.9. The lowest BCUT2D eigenvalue weighted by atomic mass is 10.1. The number of ether oxygens (including phenoxy) is 2. The number of aromatic nitrogens is 1. The summed E-state index contributed by atoms with van der Waals surface area (Å²) in [5.41, 5.74) is -0.00671. The highest BCUT2D eigenvalue weighted by atomic mass is 19.4. The summed E-state index contributed by atoms with van der Waals surface area (Å²) >= 11 is 0. The number of alkyl halides is 6. The van der Waals surface area contributed by atoms with Gasteiger partial charge < -0.3 is 9.47 Å². The van der Waals surface area contributed by atoms with E-state index in [1.807, 2.05) is 0 Å². The number of rotatable bonds is 3. The summed E-state index contributed by atoms with van der Waals surface area (Å²) in [6.07, 6.45) is -8.77. The predicted octanol–water partition coefficient (Wildman–Crippen LogP) is 4.55. The molecule has 9 heteroatoms. The Balaban J connectivity index is 2.45. The lowest BCUT2D eigenvalue weighted by Crippen LogP contribution is -2.19. The third-order valence-electron chi connectivity index (χ3n) is 2.35. The Morgan fingerprint density at radius 3 is 2.05 bits per heavy atom. The van der Waals surface area contributed by atoms with Crippen molar-refractivity contribution in [3.63, 3.8) is 0 Å². The van der Waals surface area contributed by atoms with E-state index in [0.717, 1.165) is 12.1 Å². The monoisotopic (exact) mass is 323 g/mol. The van der Waals surface area contributed by atoms with E-state index in [-0.39, 0.29) is 11.3 Å². The van der Waals surface area contributed by atoms with E-state index < -0.39 is 24.2 Å². The number of hydrogen-bond donors (Lipinski definition) is 0. The molecule has 0 bridgehead atoms. The summed E-state index contributed by atoms with van der Waals surface area (Å²) in [6.45, 7) is 0. The van der Waals surface area contributed by atoms with Gasteiger partial charge in [0, 0.05) is 17.8 Å². The third kappa shape index (κ3) is 4.54. The van der Waals surface area contributed by atoms with Gasteiger partial charge in [-0.15, -0.1) is 26.3 Å². The Morgan fingerprint density at radius 1 is 0.818 bits per heavy atom. The molecule has 1 heterocycles. The number of pyridine rings is 1. The summed E-state index contributed by atoms with van der Waals surface area (Å²) in [5.74, 6) is -1.67. The lowest BCUT2D eigenvalue weighted by Gasteiger charge is -2.15. The van der Waals surface area contributed by atoms with Crippen molar-refractivity contribution in [2.24, 2.45) is 0 Å². The molecule has 0 aliphatic rings. The van der Waals surface area contributed by atoms with E-state index in [2.05, 4.69) is 14.5 Å². The first-order valence-electron chi connectivity index (χ1n) is 5.71. The third-order valence-corrected chi connectivity index (χ3v) is 2.35. The van der Waals surface area contributed by atoms with Crippen molar-refractivity contribution in [1.82, 2.24) is 4.98 Å². The van der Waals surface area contributed by atoms with E-state index >= 15 is 0 Å². The Kier molecular flexibility index (Phi) is 4.16. The number of halogens is 6. The molecule has 0 N–H and O–H groups in total. The Labute approximate surface area is 120 Å². The van der Waals surface area contributed by atoms with E-state index in [9.17, 15) is 26.3 Å². The van der Waals surface area contributed by atoms with Crippen molar-refractivity contribution < 1.29 is 35.8 Å². The van der Waals surface area contributed by atoms with Crippen molar-refractivity contribution in [2.75, 3.05) is 0 Å². The fourth-order valence-corrected chi connectivity index (χ4v) is 1.64. The second-order valence-electron chi connectivity index (χ2n) is 3.97. The van der Waals surface area contributed by atoms with Gasteiger partial charge in [0.1, 0.15) is 11.5 Å². The van der Waals surface area contributed by atoms with Crippen molar-refractivity contribution >= 4 is 0 Å². The molecule has 3 nitrogen and oxygen atoms in total. The lowest BCUT2D eigenvalue weighted by molar-refractivity contribution is -0.276. The van der Waals surface area contributed by atoms with E-state index in [1.165, 1.54) is 24.4 Å². The Bertz CT molecular complexity index is 639. The summed E-state index contributed by atoms with van der Waals surface area (Å²) in [5, 5.41) is 0. The molecule has 0 radical (unpaired) electrons. The molecular formula is C13H7F6NO2. The zero-order valence-corrected chi connectivity index (χ0v) is 10.6. The van der Waals surface area contributed by atoms with Crippen LogP contribution in [0.4, 0.5) is 26.3 Å². The molecule has 1 aromatic carbocycles. The van der Waals surface area contributed by atoms with Gasteiger partial charge in [0.05, 0.1) is 5.69 Å². The topological polar surface area (TPSA) is 31.4 Å². The van der Waals surface area contributed by atoms with Gasteiger partial charge in [0.25, 0.3) is 0 Å². The second-order valence-corrected chi connectivity index (χ2v) is 3.97.